The van der Waals surface area contributed by atoms with E-state index >= 15 is 0 Å². The van der Waals surface area contributed by atoms with Gasteiger partial charge in [-0.2, -0.15) is 4.57 Å². The molecule has 1 aromatic rings. The average Bonchev–Trinajstić information content (AvgIpc) is 2.30. The van der Waals surface area contributed by atoms with Gasteiger partial charge in [-0.25, -0.2) is 0 Å². The normalized spacial score (nSPS) is 11.6. The lowest BCUT2D eigenvalue weighted by molar-refractivity contribution is -0.753. The zero-order valence-electron chi connectivity index (χ0n) is 7.33. The van der Waals surface area contributed by atoms with Crippen LogP contribution in [0, 0.1) is 0 Å². The molecule has 0 saturated carbocycles. The van der Waals surface area contributed by atoms with Crippen molar-refractivity contribution in [2.75, 3.05) is 0 Å². The van der Waals surface area contributed by atoms with Gasteiger partial charge in [-0.1, -0.05) is 11.3 Å². The van der Waals surface area contributed by atoms with Gasteiger partial charge in [0.15, 0.2) is 17.7 Å². The van der Waals surface area contributed by atoms with Crippen molar-refractivity contribution >= 4 is 17.3 Å². The van der Waals surface area contributed by atoms with Crippen LogP contribution in [0.25, 0.3) is 0 Å². The summed E-state index contributed by atoms with van der Waals surface area (Å²) in [7, 11) is 0. The molecule has 0 aliphatic heterocycles. The van der Waals surface area contributed by atoms with Gasteiger partial charge < -0.3 is 9.90 Å². The molecule has 0 aliphatic carbocycles. The molecular weight excluding hydrogens is 174 g/mol. The highest BCUT2D eigenvalue weighted by atomic mass is 32.1. The highest BCUT2D eigenvalue weighted by Gasteiger charge is 2.27. The summed E-state index contributed by atoms with van der Waals surface area (Å²) < 4.78 is 1.70. The average molecular weight is 185 g/mol. The molecule has 0 amide bonds. The Kier molecular flexibility index (Phi) is 2.19. The number of hydrogen-bond donors (Lipinski definition) is 0. The molecule has 66 valence electrons. The predicted octanol–water partition coefficient (Wildman–Crippen LogP) is 0.154. The number of carbonyl (C=O) groups is 1. The first-order chi connectivity index (χ1) is 5.43. The number of aromatic carboxylic acids is 1. The fourth-order valence-electron chi connectivity index (χ4n) is 0.955. The first kappa shape index (κ1) is 9.19. The van der Waals surface area contributed by atoms with E-state index in [-0.39, 0.29) is 10.5 Å². The molecule has 0 aromatic carbocycles. The molecule has 0 bridgehead atoms. The minimum Gasteiger partial charge on any atom is -0.539 e. The monoisotopic (exact) mass is 185 g/mol. The van der Waals surface area contributed by atoms with E-state index in [9.17, 15) is 9.90 Å². The molecule has 4 heteroatoms. The third kappa shape index (κ3) is 1.64. The van der Waals surface area contributed by atoms with E-state index in [1.807, 2.05) is 20.8 Å². The summed E-state index contributed by atoms with van der Waals surface area (Å²) in [6, 6.07) is 0. The summed E-state index contributed by atoms with van der Waals surface area (Å²) in [4.78, 5) is 10.6. The minimum atomic E-state index is -1.11. The van der Waals surface area contributed by atoms with E-state index < -0.39 is 5.97 Å². The van der Waals surface area contributed by atoms with Crippen LogP contribution in [0.15, 0.2) is 11.6 Å². The Labute approximate surface area is 75.3 Å². The van der Waals surface area contributed by atoms with Crippen LogP contribution >= 0.6 is 11.3 Å². The summed E-state index contributed by atoms with van der Waals surface area (Å²) in [6.45, 7) is 5.85. The lowest BCUT2D eigenvalue weighted by atomic mass is 10.1. The molecule has 0 radical (unpaired) electrons. The van der Waals surface area contributed by atoms with Crippen molar-refractivity contribution in [1.29, 1.82) is 0 Å². The smallest absolute Gasteiger partial charge is 0.285 e. The van der Waals surface area contributed by atoms with Gasteiger partial charge in [0.2, 0.25) is 0 Å². The second-order valence-corrected chi connectivity index (χ2v) is 4.43. The molecular formula is C8H11NO2S. The number of carbonyl (C=O) groups excluding carboxylic acids is 1. The fourth-order valence-corrected chi connectivity index (χ4v) is 1.81. The van der Waals surface area contributed by atoms with Gasteiger partial charge in [-0.05, 0) is 0 Å². The summed E-state index contributed by atoms with van der Waals surface area (Å²) in [5.74, 6) is -1.11. The molecule has 12 heavy (non-hydrogen) atoms. The summed E-state index contributed by atoms with van der Waals surface area (Å²) in [5, 5.41) is 12.6. The van der Waals surface area contributed by atoms with Crippen LogP contribution in [0.3, 0.4) is 0 Å². The lowest BCUT2D eigenvalue weighted by Gasteiger charge is -2.12. The van der Waals surface area contributed by atoms with Crippen molar-refractivity contribution in [3.8, 4) is 0 Å². The molecule has 1 aromatic heterocycles. The Morgan fingerprint density at radius 3 is 2.50 bits per heavy atom. The van der Waals surface area contributed by atoms with E-state index in [0.717, 1.165) is 0 Å². The van der Waals surface area contributed by atoms with Gasteiger partial charge in [-0.15, -0.1) is 0 Å². The molecule has 0 saturated heterocycles. The maximum absolute atomic E-state index is 10.6. The largest absolute Gasteiger partial charge is 0.539 e. The summed E-state index contributed by atoms with van der Waals surface area (Å²) in [5.41, 5.74) is -0.199. The topological polar surface area (TPSA) is 44.0 Å². The van der Waals surface area contributed by atoms with Gasteiger partial charge in [0.05, 0.1) is 5.38 Å². The van der Waals surface area contributed by atoms with Crippen molar-refractivity contribution in [3.63, 3.8) is 0 Å². The third-order valence-electron chi connectivity index (χ3n) is 1.51. The number of carboxylic acid groups (broad SMARTS) is 1. The Hall–Kier alpha value is -0.900. The summed E-state index contributed by atoms with van der Waals surface area (Å²) in [6.07, 6.45) is 1.76. The zero-order valence-corrected chi connectivity index (χ0v) is 8.14. The second-order valence-electron chi connectivity index (χ2n) is 3.54. The maximum Gasteiger partial charge on any atom is 0.285 e. The number of rotatable bonds is 1. The number of carboxylic acids is 1. The van der Waals surface area contributed by atoms with Gasteiger partial charge in [0.1, 0.15) is 0 Å². The lowest BCUT2D eigenvalue weighted by Crippen LogP contribution is -2.53. The predicted molar refractivity (Wildman–Crippen MR) is 43.8 cm³/mol. The quantitative estimate of drug-likeness (QED) is 0.585. The Bertz CT molecular complexity index is 298. The van der Waals surface area contributed by atoms with Crippen LogP contribution in [-0.2, 0) is 5.54 Å². The second kappa shape index (κ2) is 2.86. The first-order valence-corrected chi connectivity index (χ1v) is 4.52. The van der Waals surface area contributed by atoms with Crippen molar-refractivity contribution < 1.29 is 14.5 Å². The van der Waals surface area contributed by atoms with E-state index in [1.165, 1.54) is 11.3 Å². The molecule has 3 nitrogen and oxygen atoms in total. The molecule has 0 N–H and O–H groups in total. The molecule has 0 spiro atoms. The van der Waals surface area contributed by atoms with Gasteiger partial charge >= 0.3 is 0 Å². The first-order valence-electron chi connectivity index (χ1n) is 3.64. The van der Waals surface area contributed by atoms with Crippen LogP contribution in [0.5, 0.6) is 0 Å². The van der Waals surface area contributed by atoms with Crippen molar-refractivity contribution in [2.24, 2.45) is 0 Å². The molecule has 1 heterocycles. The minimum absolute atomic E-state index is 0.199. The molecule has 0 unspecified atom stereocenters. The maximum atomic E-state index is 10.6. The van der Waals surface area contributed by atoms with Crippen molar-refractivity contribution in [2.45, 2.75) is 26.3 Å². The van der Waals surface area contributed by atoms with Crippen molar-refractivity contribution in [3.05, 3.63) is 16.6 Å². The van der Waals surface area contributed by atoms with E-state index in [0.29, 0.717) is 0 Å². The summed E-state index contributed by atoms with van der Waals surface area (Å²) >= 11 is 1.19. The van der Waals surface area contributed by atoms with Gasteiger partial charge in [0.25, 0.3) is 5.01 Å². The number of nitrogens with zero attached hydrogens (tertiary/aromatic N) is 1. The molecule has 0 aliphatic rings. The molecule has 0 atom stereocenters. The Morgan fingerprint density at radius 1 is 1.58 bits per heavy atom. The van der Waals surface area contributed by atoms with E-state index in [1.54, 1.807) is 16.1 Å². The number of hydrogen-bond acceptors (Lipinski definition) is 3. The van der Waals surface area contributed by atoms with Crippen LogP contribution in [0.4, 0.5) is 0 Å². The van der Waals surface area contributed by atoms with Crippen molar-refractivity contribution in [1.82, 2.24) is 0 Å². The molecule has 1 rings (SSSR count). The standard InChI is InChI=1S/C8H11NO2S/c1-8(2,3)9-4-5-12-6(9)7(10)11/h4-5H,1-3H3. The van der Waals surface area contributed by atoms with Crippen LogP contribution in [-0.4, -0.2) is 5.97 Å². The number of thiazole rings is 1. The van der Waals surface area contributed by atoms with Gasteiger partial charge in [-0.3, -0.25) is 0 Å². The zero-order chi connectivity index (χ0) is 9.35. The van der Waals surface area contributed by atoms with Crippen LogP contribution < -0.4 is 9.67 Å². The molecule has 0 fully saturated rings. The highest BCUT2D eigenvalue weighted by molar-refractivity contribution is 7.11. The number of aromatic nitrogens is 1. The van der Waals surface area contributed by atoms with Crippen LogP contribution in [0.1, 0.15) is 30.6 Å². The van der Waals surface area contributed by atoms with E-state index in [2.05, 4.69) is 0 Å². The Balaban J connectivity index is 3.17. The Morgan fingerprint density at radius 2 is 2.17 bits per heavy atom. The fraction of sp³-hybridized carbons (Fsp3) is 0.500. The highest BCUT2D eigenvalue weighted by Crippen LogP contribution is 2.09. The SMILES string of the molecule is CC(C)(C)[n+]1ccsc1C(=O)[O-]. The van der Waals surface area contributed by atoms with Gasteiger partial charge in [0, 0.05) is 20.8 Å². The van der Waals surface area contributed by atoms with Crippen LogP contribution in [0.2, 0.25) is 0 Å². The third-order valence-corrected chi connectivity index (χ3v) is 2.35. The van der Waals surface area contributed by atoms with E-state index in [4.69, 9.17) is 0 Å².